The molecule has 1 aliphatic heterocycles. The van der Waals surface area contributed by atoms with Crippen LogP contribution >= 0.6 is 0 Å². The molecule has 100 valence electrons. The van der Waals surface area contributed by atoms with Crippen LogP contribution in [0.5, 0.6) is 0 Å². The van der Waals surface area contributed by atoms with E-state index >= 15 is 0 Å². The van der Waals surface area contributed by atoms with Gasteiger partial charge in [0.1, 0.15) is 11.6 Å². The van der Waals surface area contributed by atoms with Crippen LogP contribution in [0.1, 0.15) is 25.3 Å². The summed E-state index contributed by atoms with van der Waals surface area (Å²) in [5, 5.41) is 10.1. The Morgan fingerprint density at radius 1 is 1.39 bits per heavy atom. The zero-order chi connectivity index (χ0) is 13.1. The summed E-state index contributed by atoms with van der Waals surface area (Å²) in [6.07, 6.45) is 0.791. The van der Waals surface area contributed by atoms with E-state index in [1.165, 1.54) is 18.2 Å². The van der Waals surface area contributed by atoms with E-state index < -0.39 is 17.7 Å². The summed E-state index contributed by atoms with van der Waals surface area (Å²) in [6.45, 7) is 2.60. The van der Waals surface area contributed by atoms with E-state index in [0.717, 1.165) is 12.8 Å². The van der Waals surface area contributed by atoms with Gasteiger partial charge in [0.05, 0.1) is 12.2 Å². The third-order valence-electron chi connectivity index (χ3n) is 3.63. The molecule has 3 atom stereocenters. The molecule has 1 aromatic carbocycles. The summed E-state index contributed by atoms with van der Waals surface area (Å²) in [5.74, 6) is -1.23. The summed E-state index contributed by atoms with van der Waals surface area (Å²) in [7, 11) is 0. The van der Waals surface area contributed by atoms with Crippen molar-refractivity contribution < 1.29 is 18.6 Å². The Kier molecular flexibility index (Phi) is 4.30. The van der Waals surface area contributed by atoms with Crippen molar-refractivity contribution in [2.45, 2.75) is 38.4 Å². The highest BCUT2D eigenvalue weighted by Crippen LogP contribution is 2.29. The molecule has 3 unspecified atom stereocenters. The maximum absolute atomic E-state index is 13.5. The minimum Gasteiger partial charge on any atom is -0.392 e. The summed E-state index contributed by atoms with van der Waals surface area (Å²) in [5.41, 5.74) is -0.0354. The Balaban J connectivity index is 2.09. The summed E-state index contributed by atoms with van der Waals surface area (Å²) in [4.78, 5) is 0. The molecule has 1 N–H and O–H groups in total. The number of benzene rings is 1. The lowest BCUT2D eigenvalue weighted by atomic mass is 9.89. The van der Waals surface area contributed by atoms with Crippen LogP contribution in [0.25, 0.3) is 0 Å². The van der Waals surface area contributed by atoms with E-state index in [9.17, 15) is 13.9 Å². The van der Waals surface area contributed by atoms with Gasteiger partial charge in [-0.3, -0.25) is 0 Å². The lowest BCUT2D eigenvalue weighted by Gasteiger charge is -2.23. The molecule has 0 aliphatic carbocycles. The maximum atomic E-state index is 13.5. The van der Waals surface area contributed by atoms with Gasteiger partial charge in [0.25, 0.3) is 0 Å². The van der Waals surface area contributed by atoms with Crippen LogP contribution < -0.4 is 0 Å². The molecule has 0 spiro atoms. The van der Waals surface area contributed by atoms with Crippen LogP contribution in [0.3, 0.4) is 0 Å². The van der Waals surface area contributed by atoms with Gasteiger partial charge in [-0.1, -0.05) is 13.0 Å². The molecule has 4 heteroatoms. The minimum atomic E-state index is -0.760. The van der Waals surface area contributed by atoms with Crippen LogP contribution in [-0.4, -0.2) is 23.9 Å². The first-order valence-electron chi connectivity index (χ1n) is 6.36. The first-order valence-corrected chi connectivity index (χ1v) is 6.36. The highest BCUT2D eigenvalue weighted by Gasteiger charge is 2.33. The Morgan fingerprint density at radius 3 is 2.67 bits per heavy atom. The lowest BCUT2D eigenvalue weighted by Crippen LogP contribution is -2.30. The van der Waals surface area contributed by atoms with Gasteiger partial charge in [-0.25, -0.2) is 8.78 Å². The molecule has 2 nitrogen and oxygen atoms in total. The van der Waals surface area contributed by atoms with Gasteiger partial charge in [0.2, 0.25) is 0 Å². The van der Waals surface area contributed by atoms with E-state index in [1.807, 2.05) is 6.92 Å². The number of aliphatic hydroxyl groups excluding tert-OH is 1. The predicted octanol–water partition coefficient (Wildman–Crippen LogP) is 2.68. The zero-order valence-corrected chi connectivity index (χ0v) is 10.4. The van der Waals surface area contributed by atoms with Gasteiger partial charge in [-0.05, 0) is 25.0 Å². The molecule has 18 heavy (non-hydrogen) atoms. The molecule has 0 amide bonds. The largest absolute Gasteiger partial charge is 0.392 e. The van der Waals surface area contributed by atoms with Crippen LogP contribution in [0.4, 0.5) is 8.78 Å². The second kappa shape index (κ2) is 5.76. The Hall–Kier alpha value is -1.00. The molecule has 0 bridgehead atoms. The number of ether oxygens (including phenoxy) is 1. The van der Waals surface area contributed by atoms with Crippen LogP contribution in [0, 0.1) is 17.6 Å². The van der Waals surface area contributed by atoms with Crippen molar-refractivity contribution >= 4 is 0 Å². The molecule has 0 aromatic heterocycles. The third kappa shape index (κ3) is 2.70. The average molecular weight is 256 g/mol. The quantitative estimate of drug-likeness (QED) is 0.897. The highest BCUT2D eigenvalue weighted by molar-refractivity contribution is 5.20. The molecule has 1 aliphatic rings. The van der Waals surface area contributed by atoms with Crippen molar-refractivity contribution in [1.82, 2.24) is 0 Å². The SMILES string of the molecule is CCC1OCCC1C(O)Cc1c(F)cccc1F. The number of rotatable bonds is 4. The van der Waals surface area contributed by atoms with Gasteiger partial charge < -0.3 is 9.84 Å². The Morgan fingerprint density at radius 2 is 2.06 bits per heavy atom. The maximum Gasteiger partial charge on any atom is 0.129 e. The van der Waals surface area contributed by atoms with E-state index in [1.54, 1.807) is 0 Å². The van der Waals surface area contributed by atoms with Gasteiger partial charge >= 0.3 is 0 Å². The first kappa shape index (κ1) is 13.4. The van der Waals surface area contributed by atoms with Gasteiger partial charge in [-0.2, -0.15) is 0 Å². The van der Waals surface area contributed by atoms with Crippen molar-refractivity contribution in [3.63, 3.8) is 0 Å². The monoisotopic (exact) mass is 256 g/mol. The van der Waals surface area contributed by atoms with Crippen molar-refractivity contribution in [3.8, 4) is 0 Å². The van der Waals surface area contributed by atoms with E-state index in [4.69, 9.17) is 4.74 Å². The summed E-state index contributed by atoms with van der Waals surface area (Å²) in [6, 6.07) is 3.76. The Labute approximate surface area is 106 Å². The fraction of sp³-hybridized carbons (Fsp3) is 0.571. The fourth-order valence-electron chi connectivity index (χ4n) is 2.61. The number of aliphatic hydroxyl groups is 1. The van der Waals surface area contributed by atoms with E-state index in [0.29, 0.717) is 6.61 Å². The molecule has 0 radical (unpaired) electrons. The van der Waals surface area contributed by atoms with Crippen molar-refractivity contribution in [1.29, 1.82) is 0 Å². The molecule has 1 aromatic rings. The second-order valence-corrected chi connectivity index (χ2v) is 4.74. The summed E-state index contributed by atoms with van der Waals surface area (Å²) >= 11 is 0. The predicted molar refractivity (Wildman–Crippen MR) is 64.2 cm³/mol. The fourth-order valence-corrected chi connectivity index (χ4v) is 2.61. The molecule has 1 fully saturated rings. The van der Waals surface area contributed by atoms with Gasteiger partial charge in [0.15, 0.2) is 0 Å². The topological polar surface area (TPSA) is 29.5 Å². The second-order valence-electron chi connectivity index (χ2n) is 4.74. The van der Waals surface area contributed by atoms with Gasteiger partial charge in [-0.15, -0.1) is 0 Å². The minimum absolute atomic E-state index is 0.00301. The van der Waals surface area contributed by atoms with Crippen molar-refractivity contribution in [2.75, 3.05) is 6.61 Å². The van der Waals surface area contributed by atoms with Crippen molar-refractivity contribution in [3.05, 3.63) is 35.4 Å². The number of hydrogen-bond acceptors (Lipinski definition) is 2. The normalized spacial score (nSPS) is 25.3. The highest BCUT2D eigenvalue weighted by atomic mass is 19.1. The standard InChI is InChI=1S/C14H18F2O2/c1-2-14-9(6-7-18-14)13(17)8-10-11(15)4-3-5-12(10)16/h3-5,9,13-14,17H,2,6-8H2,1H3. The molecule has 1 heterocycles. The molecule has 1 saturated heterocycles. The lowest BCUT2D eigenvalue weighted by molar-refractivity contribution is 0.0310. The first-order chi connectivity index (χ1) is 8.63. The van der Waals surface area contributed by atoms with Crippen molar-refractivity contribution in [2.24, 2.45) is 5.92 Å². The Bertz CT molecular complexity index is 389. The average Bonchev–Trinajstić information content (AvgIpc) is 2.82. The van der Waals surface area contributed by atoms with Crippen LogP contribution in [-0.2, 0) is 11.2 Å². The molecule has 2 rings (SSSR count). The number of hydrogen-bond donors (Lipinski definition) is 1. The zero-order valence-electron chi connectivity index (χ0n) is 10.4. The van der Waals surface area contributed by atoms with Crippen LogP contribution in [0.15, 0.2) is 18.2 Å². The van der Waals surface area contributed by atoms with E-state index in [2.05, 4.69) is 0 Å². The summed E-state index contributed by atoms with van der Waals surface area (Å²) < 4.78 is 32.5. The van der Waals surface area contributed by atoms with Crippen LogP contribution in [0.2, 0.25) is 0 Å². The molecular weight excluding hydrogens is 238 g/mol. The third-order valence-corrected chi connectivity index (χ3v) is 3.63. The van der Waals surface area contributed by atoms with Gasteiger partial charge in [0, 0.05) is 24.5 Å². The molecule has 0 saturated carbocycles. The molecular formula is C14H18F2O2. The number of halogens is 2. The smallest absolute Gasteiger partial charge is 0.129 e. The van der Waals surface area contributed by atoms with E-state index in [-0.39, 0.29) is 24.0 Å².